The zero-order chi connectivity index (χ0) is 10.3. The number of nitrogens with zero attached hydrogens (tertiary/aromatic N) is 2. The normalized spacial score (nSPS) is 10.7. The number of aromatic amines is 1. The number of H-pyrrole nitrogens is 1. The van der Waals surface area contributed by atoms with Crippen molar-refractivity contribution in [2.75, 3.05) is 0 Å². The summed E-state index contributed by atoms with van der Waals surface area (Å²) < 4.78 is 1.60. The fourth-order valence-corrected chi connectivity index (χ4v) is 1.71. The third kappa shape index (κ3) is 1.19. The minimum Gasteiger partial charge on any atom is -0.305 e. The van der Waals surface area contributed by atoms with Gasteiger partial charge in [-0.15, -0.1) is 0 Å². The maximum Gasteiger partial charge on any atom is 0.328 e. The van der Waals surface area contributed by atoms with Crippen LogP contribution in [0.3, 0.4) is 0 Å². The van der Waals surface area contributed by atoms with Crippen LogP contribution < -0.4 is 11.2 Å². The molecule has 0 fully saturated rings. The predicted molar refractivity (Wildman–Crippen MR) is 55.3 cm³/mol. The molecule has 0 aromatic carbocycles. The summed E-state index contributed by atoms with van der Waals surface area (Å²) in [5.74, 6) is 0. The highest BCUT2D eigenvalue weighted by atomic mass is 79.9. The molecule has 0 unspecified atom stereocenters. The number of rotatable bonds is 0. The molecule has 2 aromatic rings. The second-order valence-electron chi connectivity index (χ2n) is 2.84. The highest BCUT2D eigenvalue weighted by Crippen LogP contribution is 2.15. The van der Waals surface area contributed by atoms with E-state index >= 15 is 0 Å². The molecule has 0 bridgehead atoms. The third-order valence-electron chi connectivity index (χ3n) is 1.96. The van der Waals surface area contributed by atoms with Crippen molar-refractivity contribution in [1.82, 2.24) is 14.5 Å². The van der Waals surface area contributed by atoms with Crippen LogP contribution in [0.1, 0.15) is 0 Å². The molecular weight excluding hydrogens is 250 g/mol. The Morgan fingerprint density at radius 2 is 2.14 bits per heavy atom. The van der Waals surface area contributed by atoms with Crippen molar-refractivity contribution in [1.29, 1.82) is 0 Å². The summed E-state index contributed by atoms with van der Waals surface area (Å²) in [5, 5.41) is 0.433. The van der Waals surface area contributed by atoms with Crippen molar-refractivity contribution in [2.45, 2.75) is 0 Å². The number of pyridine rings is 1. The Morgan fingerprint density at radius 3 is 2.86 bits per heavy atom. The lowest BCUT2D eigenvalue weighted by atomic mass is 10.3. The first kappa shape index (κ1) is 9.14. The van der Waals surface area contributed by atoms with E-state index in [2.05, 4.69) is 25.9 Å². The van der Waals surface area contributed by atoms with Gasteiger partial charge in [-0.2, -0.15) is 0 Å². The van der Waals surface area contributed by atoms with E-state index < -0.39 is 5.69 Å². The average molecular weight is 256 g/mol. The van der Waals surface area contributed by atoms with E-state index in [0.717, 1.165) is 4.57 Å². The topological polar surface area (TPSA) is 67.8 Å². The molecular formula is C8H6BrN3O2. The van der Waals surface area contributed by atoms with Gasteiger partial charge in [0.2, 0.25) is 0 Å². The predicted octanol–water partition coefficient (Wildman–Crippen LogP) is 0.384. The van der Waals surface area contributed by atoms with Crippen LogP contribution in [0.25, 0.3) is 10.9 Å². The molecule has 0 aliphatic heterocycles. The van der Waals surface area contributed by atoms with Crippen LogP contribution in [0.5, 0.6) is 0 Å². The lowest BCUT2D eigenvalue weighted by molar-refractivity contribution is 0.792. The van der Waals surface area contributed by atoms with Gasteiger partial charge < -0.3 is 4.98 Å². The lowest BCUT2D eigenvalue weighted by Gasteiger charge is -2.00. The molecule has 2 rings (SSSR count). The summed E-state index contributed by atoms with van der Waals surface area (Å²) in [6.07, 6.45) is 2.96. The molecule has 2 aromatic heterocycles. The zero-order valence-electron chi connectivity index (χ0n) is 7.24. The minimum atomic E-state index is -0.442. The summed E-state index contributed by atoms with van der Waals surface area (Å²) in [6, 6.07) is 0. The first-order chi connectivity index (χ1) is 6.61. The second kappa shape index (κ2) is 3.06. The molecule has 0 atom stereocenters. The van der Waals surface area contributed by atoms with E-state index in [-0.39, 0.29) is 5.56 Å². The summed E-state index contributed by atoms with van der Waals surface area (Å²) in [7, 11) is 1.42. The van der Waals surface area contributed by atoms with Gasteiger partial charge >= 0.3 is 5.69 Å². The van der Waals surface area contributed by atoms with Crippen molar-refractivity contribution in [3.05, 3.63) is 37.7 Å². The largest absolute Gasteiger partial charge is 0.328 e. The number of aromatic nitrogens is 3. The van der Waals surface area contributed by atoms with Gasteiger partial charge in [-0.3, -0.25) is 14.3 Å². The van der Waals surface area contributed by atoms with Crippen LogP contribution in [0.2, 0.25) is 0 Å². The third-order valence-corrected chi connectivity index (χ3v) is 2.57. The summed E-state index contributed by atoms with van der Waals surface area (Å²) in [6.45, 7) is 0. The minimum absolute atomic E-state index is 0.335. The maximum absolute atomic E-state index is 11.7. The molecule has 0 saturated heterocycles. The van der Waals surface area contributed by atoms with Gasteiger partial charge in [0.05, 0.1) is 21.6 Å². The molecule has 0 saturated carbocycles. The highest BCUT2D eigenvalue weighted by Gasteiger charge is 2.07. The fourth-order valence-electron chi connectivity index (χ4n) is 1.21. The number of halogens is 1. The van der Waals surface area contributed by atoms with E-state index in [1.165, 1.54) is 19.4 Å². The number of fused-ring (bicyclic) bond motifs is 1. The molecule has 0 aliphatic carbocycles. The Labute approximate surface area is 86.5 Å². The van der Waals surface area contributed by atoms with Gasteiger partial charge in [-0.25, -0.2) is 4.79 Å². The van der Waals surface area contributed by atoms with Crippen molar-refractivity contribution in [3.8, 4) is 0 Å². The lowest BCUT2D eigenvalue weighted by Crippen LogP contribution is -2.32. The number of hydrogen-bond acceptors (Lipinski definition) is 3. The molecule has 5 nitrogen and oxygen atoms in total. The summed E-state index contributed by atoms with van der Waals surface area (Å²) in [4.78, 5) is 29.3. The van der Waals surface area contributed by atoms with Gasteiger partial charge in [0.1, 0.15) is 0 Å². The summed E-state index contributed by atoms with van der Waals surface area (Å²) >= 11 is 3.21. The van der Waals surface area contributed by atoms with Crippen LogP contribution >= 0.6 is 15.9 Å². The molecule has 2 heterocycles. The molecule has 0 amide bonds. The van der Waals surface area contributed by atoms with E-state index in [1.807, 2.05) is 0 Å². The first-order valence-electron chi connectivity index (χ1n) is 3.84. The van der Waals surface area contributed by atoms with Crippen LogP contribution in [-0.2, 0) is 7.05 Å². The number of hydrogen-bond donors (Lipinski definition) is 1. The SMILES string of the molecule is Cn1c(=O)[nH]c2cncc(Br)c2c1=O. The van der Waals surface area contributed by atoms with Gasteiger partial charge in [0.15, 0.2) is 0 Å². The van der Waals surface area contributed by atoms with Crippen molar-refractivity contribution in [3.63, 3.8) is 0 Å². The Bertz CT molecular complexity index is 614. The van der Waals surface area contributed by atoms with Gasteiger partial charge in [-0.1, -0.05) is 0 Å². The highest BCUT2D eigenvalue weighted by molar-refractivity contribution is 9.10. The van der Waals surface area contributed by atoms with E-state index in [0.29, 0.717) is 15.4 Å². The van der Waals surface area contributed by atoms with Crippen molar-refractivity contribution >= 4 is 26.8 Å². The van der Waals surface area contributed by atoms with E-state index in [4.69, 9.17) is 0 Å². The number of nitrogens with one attached hydrogen (secondary N) is 1. The molecule has 0 radical (unpaired) electrons. The standard InChI is InChI=1S/C8H6BrN3O2/c1-12-7(13)6-4(9)2-10-3-5(6)11-8(12)14/h2-3H,1H3,(H,11,14). The van der Waals surface area contributed by atoms with E-state index in [1.54, 1.807) is 0 Å². The maximum atomic E-state index is 11.7. The quantitative estimate of drug-likeness (QED) is 0.741. The van der Waals surface area contributed by atoms with Crippen molar-refractivity contribution in [2.24, 2.45) is 7.05 Å². The Hall–Kier alpha value is -1.43. The molecule has 0 spiro atoms. The molecule has 72 valence electrons. The molecule has 1 N–H and O–H groups in total. The summed E-state index contributed by atoms with van der Waals surface area (Å²) in [5.41, 5.74) is -0.340. The first-order valence-corrected chi connectivity index (χ1v) is 4.63. The average Bonchev–Trinajstić information content (AvgIpc) is 2.14. The second-order valence-corrected chi connectivity index (χ2v) is 3.69. The van der Waals surface area contributed by atoms with E-state index in [9.17, 15) is 9.59 Å². The van der Waals surface area contributed by atoms with Gasteiger partial charge in [0.25, 0.3) is 5.56 Å². The molecule has 14 heavy (non-hydrogen) atoms. The van der Waals surface area contributed by atoms with Gasteiger partial charge in [0, 0.05) is 13.2 Å². The van der Waals surface area contributed by atoms with Crippen LogP contribution in [0.4, 0.5) is 0 Å². The van der Waals surface area contributed by atoms with Crippen molar-refractivity contribution < 1.29 is 0 Å². The fraction of sp³-hybridized carbons (Fsp3) is 0.125. The Morgan fingerprint density at radius 1 is 1.43 bits per heavy atom. The monoisotopic (exact) mass is 255 g/mol. The Kier molecular flexibility index (Phi) is 1.99. The van der Waals surface area contributed by atoms with Crippen LogP contribution in [-0.4, -0.2) is 14.5 Å². The zero-order valence-corrected chi connectivity index (χ0v) is 8.83. The Balaban J connectivity index is 3.15. The van der Waals surface area contributed by atoms with Crippen LogP contribution in [0, 0.1) is 0 Å². The molecule has 0 aliphatic rings. The van der Waals surface area contributed by atoms with Gasteiger partial charge in [-0.05, 0) is 15.9 Å². The van der Waals surface area contributed by atoms with Crippen LogP contribution in [0.15, 0.2) is 26.5 Å². The smallest absolute Gasteiger partial charge is 0.305 e. The molecule has 6 heteroatoms.